The predicted octanol–water partition coefficient (Wildman–Crippen LogP) is 5.29. The quantitative estimate of drug-likeness (QED) is 0.389. The molecule has 2 heterocycles. The Bertz CT molecular complexity index is 1450. The molecule has 0 atom stereocenters. The lowest BCUT2D eigenvalue weighted by Crippen LogP contribution is -2.30. The zero-order chi connectivity index (χ0) is 21.8. The molecule has 0 aliphatic rings. The van der Waals surface area contributed by atoms with E-state index >= 15 is 0 Å². The molecule has 0 radical (unpaired) electrons. The summed E-state index contributed by atoms with van der Waals surface area (Å²) in [6, 6.07) is 23.6. The van der Waals surface area contributed by atoms with Gasteiger partial charge in [-0.15, -0.1) is 0 Å². The Morgan fingerprint density at radius 3 is 2.61 bits per heavy atom. The molecule has 3 aromatic carbocycles. The summed E-state index contributed by atoms with van der Waals surface area (Å²) in [6.07, 6.45) is 1.73. The summed E-state index contributed by atoms with van der Waals surface area (Å²) in [5.41, 5.74) is 5.85. The highest BCUT2D eigenvalue weighted by Gasteiger charge is 2.27. The topological polar surface area (TPSA) is 21.7 Å². The molecule has 2 aromatic heterocycles. The monoisotopic (exact) mass is 367 g/mol. The third-order valence-electron chi connectivity index (χ3n) is 5.36. The summed E-state index contributed by atoms with van der Waals surface area (Å²) in [7, 11) is 2.02. The summed E-state index contributed by atoms with van der Waals surface area (Å²) in [5.74, 6) is 0.931. The first-order valence-electron chi connectivity index (χ1n) is 10.8. The fourth-order valence-corrected chi connectivity index (χ4v) is 3.98. The lowest BCUT2D eigenvalue weighted by molar-refractivity contribution is -0.633. The van der Waals surface area contributed by atoms with Gasteiger partial charge in [-0.3, -0.25) is 4.98 Å². The van der Waals surface area contributed by atoms with Crippen molar-refractivity contribution in [2.24, 2.45) is 7.05 Å². The van der Waals surface area contributed by atoms with E-state index in [4.69, 9.17) is 4.11 Å². The van der Waals surface area contributed by atoms with Crippen LogP contribution in [0.5, 0.6) is 0 Å². The van der Waals surface area contributed by atoms with Gasteiger partial charge in [0.15, 0.2) is 11.0 Å². The Morgan fingerprint density at radius 2 is 1.75 bits per heavy atom. The van der Waals surface area contributed by atoms with Crippen molar-refractivity contribution < 1.29 is 8.68 Å². The van der Waals surface area contributed by atoms with Gasteiger partial charge in [0.05, 0.1) is 18.1 Å². The summed E-state index contributed by atoms with van der Waals surface area (Å²) in [5, 5.41) is 0.815. The molecule has 0 fully saturated rings. The number of aromatic nitrogens is 3. The van der Waals surface area contributed by atoms with Gasteiger partial charge in [0, 0.05) is 21.8 Å². The third kappa shape index (κ3) is 2.43. The van der Waals surface area contributed by atoms with Crippen LogP contribution in [0.2, 0.25) is 0 Å². The van der Waals surface area contributed by atoms with Crippen LogP contribution in [0.4, 0.5) is 0 Å². The van der Waals surface area contributed by atoms with Gasteiger partial charge in [0.1, 0.15) is 5.69 Å². The number of fused-ring (bicyclic) bond motifs is 2. The number of para-hydroxylation sites is 2. The lowest BCUT2D eigenvalue weighted by Gasteiger charge is -2.09. The Morgan fingerprint density at radius 1 is 0.929 bits per heavy atom. The van der Waals surface area contributed by atoms with Crippen LogP contribution >= 0.6 is 0 Å². The molecule has 0 aliphatic heterocycles. The van der Waals surface area contributed by atoms with Crippen LogP contribution < -0.4 is 4.57 Å². The first kappa shape index (κ1) is 13.7. The fraction of sp³-hybridized carbons (Fsp3) is 0.120. The van der Waals surface area contributed by atoms with E-state index in [1.54, 1.807) is 12.3 Å². The molecular weight excluding hydrogens is 342 g/mol. The number of pyridine rings is 1. The van der Waals surface area contributed by atoms with Crippen molar-refractivity contribution in [1.82, 2.24) is 9.55 Å². The Labute approximate surface area is 168 Å². The molecule has 0 amide bonds. The molecule has 0 aliphatic carbocycles. The number of hydrogen-bond acceptors (Lipinski definition) is 1. The third-order valence-corrected chi connectivity index (χ3v) is 5.36. The molecule has 0 unspecified atom stereocenters. The molecule has 0 spiro atoms. The minimum absolute atomic E-state index is 0.309. The van der Waals surface area contributed by atoms with Crippen LogP contribution in [0.15, 0.2) is 79.0 Å². The maximum Gasteiger partial charge on any atom is 0.295 e. The lowest BCUT2D eigenvalue weighted by atomic mass is 10.1. The largest absolute Gasteiger partial charge is 0.295 e. The Balaban J connectivity index is 1.98. The number of imidazole rings is 1. The van der Waals surface area contributed by atoms with Gasteiger partial charge in [-0.25, -0.2) is 4.57 Å². The minimum atomic E-state index is -2.27. The number of hydrogen-bond donors (Lipinski definition) is 0. The molecule has 0 saturated carbocycles. The molecule has 3 heteroatoms. The SMILES string of the molecule is [2H]C([2H])([2H])c1cc2cccnc2cc1-n1c(-c2ccccc2C)[n+](C)c2ccccc21. The normalized spacial score (nSPS) is 13.4. The second kappa shape index (κ2) is 6.31. The molecule has 5 aromatic rings. The van der Waals surface area contributed by atoms with Crippen molar-refractivity contribution in [3.63, 3.8) is 0 Å². The van der Waals surface area contributed by atoms with E-state index < -0.39 is 6.85 Å². The van der Waals surface area contributed by atoms with E-state index in [1.807, 2.05) is 55.6 Å². The van der Waals surface area contributed by atoms with Gasteiger partial charge in [-0.1, -0.05) is 36.4 Å². The maximum absolute atomic E-state index is 8.26. The Hall–Kier alpha value is -3.46. The maximum atomic E-state index is 8.26. The molecule has 28 heavy (non-hydrogen) atoms. The summed E-state index contributed by atoms with van der Waals surface area (Å²) in [4.78, 5) is 4.49. The zero-order valence-electron chi connectivity index (χ0n) is 18.8. The second-order valence-electron chi connectivity index (χ2n) is 7.09. The molecule has 0 N–H and O–H groups in total. The van der Waals surface area contributed by atoms with Crippen molar-refractivity contribution in [1.29, 1.82) is 0 Å². The van der Waals surface area contributed by atoms with Crippen molar-refractivity contribution >= 4 is 21.9 Å². The van der Waals surface area contributed by atoms with E-state index in [0.717, 1.165) is 38.9 Å². The van der Waals surface area contributed by atoms with Crippen LogP contribution in [-0.2, 0) is 7.05 Å². The van der Waals surface area contributed by atoms with Crippen LogP contribution in [-0.4, -0.2) is 9.55 Å². The zero-order valence-corrected chi connectivity index (χ0v) is 15.8. The van der Waals surface area contributed by atoms with E-state index in [1.165, 1.54) is 0 Å². The van der Waals surface area contributed by atoms with Crippen LogP contribution in [0, 0.1) is 13.8 Å². The van der Waals surface area contributed by atoms with Crippen LogP contribution in [0.25, 0.3) is 39.0 Å². The van der Waals surface area contributed by atoms with Gasteiger partial charge in [0.25, 0.3) is 5.82 Å². The van der Waals surface area contributed by atoms with Crippen molar-refractivity contribution in [2.45, 2.75) is 13.8 Å². The van der Waals surface area contributed by atoms with Crippen LogP contribution in [0.3, 0.4) is 0 Å². The average molecular weight is 367 g/mol. The highest BCUT2D eigenvalue weighted by molar-refractivity contribution is 5.85. The predicted molar refractivity (Wildman–Crippen MR) is 115 cm³/mol. The highest BCUT2D eigenvalue weighted by atomic mass is 15.2. The van der Waals surface area contributed by atoms with Gasteiger partial charge in [-0.05, 0) is 55.2 Å². The molecule has 5 rings (SSSR count). The van der Waals surface area contributed by atoms with Crippen molar-refractivity contribution in [3.8, 4) is 17.1 Å². The van der Waals surface area contributed by atoms with E-state index in [2.05, 4.69) is 39.2 Å². The summed E-state index contributed by atoms with van der Waals surface area (Å²) >= 11 is 0. The number of aryl methyl sites for hydroxylation is 3. The molecular formula is C25H22N3+. The molecule has 0 bridgehead atoms. The van der Waals surface area contributed by atoms with Gasteiger partial charge in [-0.2, -0.15) is 4.57 Å². The number of benzene rings is 3. The van der Waals surface area contributed by atoms with Crippen molar-refractivity contribution in [2.75, 3.05) is 0 Å². The minimum Gasteiger partial charge on any atom is -0.256 e. The highest BCUT2D eigenvalue weighted by Crippen LogP contribution is 2.31. The van der Waals surface area contributed by atoms with Crippen molar-refractivity contribution in [3.05, 3.63) is 90.1 Å². The smallest absolute Gasteiger partial charge is 0.256 e. The number of rotatable bonds is 2. The van der Waals surface area contributed by atoms with E-state index in [9.17, 15) is 0 Å². The average Bonchev–Trinajstić information content (AvgIpc) is 3.05. The van der Waals surface area contributed by atoms with Gasteiger partial charge in [0.2, 0.25) is 0 Å². The summed E-state index contributed by atoms with van der Waals surface area (Å²) in [6.45, 7) is -0.198. The van der Waals surface area contributed by atoms with Gasteiger partial charge >= 0.3 is 0 Å². The molecule has 0 saturated heterocycles. The van der Waals surface area contributed by atoms with Crippen LogP contribution in [0.1, 0.15) is 15.2 Å². The van der Waals surface area contributed by atoms with E-state index in [0.29, 0.717) is 11.3 Å². The first-order valence-corrected chi connectivity index (χ1v) is 9.31. The fourth-order valence-electron chi connectivity index (χ4n) is 3.98. The van der Waals surface area contributed by atoms with Gasteiger partial charge < -0.3 is 0 Å². The second-order valence-corrected chi connectivity index (χ2v) is 7.09. The summed E-state index contributed by atoms with van der Waals surface area (Å²) < 4.78 is 29.0. The molecule has 136 valence electrons. The molecule has 3 nitrogen and oxygen atoms in total. The van der Waals surface area contributed by atoms with E-state index in [-0.39, 0.29) is 0 Å². The standard InChI is InChI=1S/C25H22N3/c1-17-9-4-5-11-20(17)25-27(3)22-12-6-7-13-23(22)28(25)24-16-21-19(15-18(24)2)10-8-14-26-21/h4-16H,1-3H3/q+1/i2D3. The first-order chi connectivity index (χ1) is 14.9. The number of nitrogens with zero attached hydrogens (tertiary/aromatic N) is 3. The Kier molecular flexibility index (Phi) is 3.08.